The minimum absolute atomic E-state index is 0.106. The number of hydrogen-bond donors (Lipinski definition) is 0. The van der Waals surface area contributed by atoms with Crippen LogP contribution in [0.3, 0.4) is 0 Å². The van der Waals surface area contributed by atoms with Gasteiger partial charge < -0.3 is 14.1 Å². The molecule has 4 rings (SSSR count). The summed E-state index contributed by atoms with van der Waals surface area (Å²) in [5.41, 5.74) is 0.545. The number of halogens is 1. The Morgan fingerprint density at radius 3 is 2.33 bits per heavy atom. The largest absolute Gasteiger partial charge is 0.419 e. The molecule has 0 amide bonds. The van der Waals surface area contributed by atoms with Crippen LogP contribution in [-0.4, -0.2) is 39.7 Å². The summed E-state index contributed by atoms with van der Waals surface area (Å²) in [5, 5.41) is 0.335. The summed E-state index contributed by atoms with van der Waals surface area (Å²) in [6, 6.07) is 15.2. The van der Waals surface area contributed by atoms with Crippen LogP contribution in [0.25, 0.3) is 11.5 Å². The van der Waals surface area contributed by atoms with Crippen molar-refractivity contribution in [2.24, 2.45) is 0 Å². The van der Waals surface area contributed by atoms with Gasteiger partial charge in [0.25, 0.3) is 0 Å². The van der Waals surface area contributed by atoms with E-state index in [0.717, 1.165) is 0 Å². The van der Waals surface area contributed by atoms with Crippen molar-refractivity contribution in [3.05, 3.63) is 59.6 Å². The van der Waals surface area contributed by atoms with Gasteiger partial charge in [0.15, 0.2) is 0 Å². The van der Waals surface area contributed by atoms with E-state index in [-0.39, 0.29) is 21.7 Å². The summed E-state index contributed by atoms with van der Waals surface area (Å²) in [5.74, 6) is 0.397. The number of rotatable bonds is 4. The van der Waals surface area contributed by atoms with Crippen LogP contribution in [0, 0.1) is 0 Å². The molecule has 0 spiro atoms. The highest BCUT2D eigenvalue weighted by Crippen LogP contribution is 2.36. The Morgan fingerprint density at radius 1 is 0.963 bits per heavy atom. The van der Waals surface area contributed by atoms with Gasteiger partial charge in [0.2, 0.25) is 26.6 Å². The molecule has 0 atom stereocenters. The molecule has 1 aromatic heterocycles. The molecule has 27 heavy (non-hydrogen) atoms. The van der Waals surface area contributed by atoms with Crippen molar-refractivity contribution in [2.45, 2.75) is 9.92 Å². The van der Waals surface area contributed by atoms with E-state index in [0.29, 0.717) is 36.9 Å². The number of morpholine rings is 1. The van der Waals surface area contributed by atoms with E-state index >= 15 is 0 Å². The Hall–Kier alpha value is -2.35. The van der Waals surface area contributed by atoms with Crippen molar-refractivity contribution < 1.29 is 17.6 Å². The molecule has 0 bridgehead atoms. The summed E-state index contributed by atoms with van der Waals surface area (Å²) >= 11 is 6.25. The second-order valence-electron chi connectivity index (χ2n) is 6.03. The topological polar surface area (TPSA) is 72.6 Å². The number of anilines is 1. The number of sulfone groups is 1. The van der Waals surface area contributed by atoms with E-state index in [1.54, 1.807) is 54.6 Å². The van der Waals surface area contributed by atoms with E-state index in [1.165, 1.54) is 0 Å². The Morgan fingerprint density at radius 2 is 1.63 bits per heavy atom. The molecule has 0 unspecified atom stereocenters. The van der Waals surface area contributed by atoms with Crippen LogP contribution >= 0.6 is 11.6 Å². The normalized spacial score (nSPS) is 15.1. The first-order chi connectivity index (χ1) is 13.1. The summed E-state index contributed by atoms with van der Waals surface area (Å²) in [4.78, 5) is 6.35. The third kappa shape index (κ3) is 3.45. The molecule has 140 valence electrons. The SMILES string of the molecule is O=S(=O)(c1ccccc1)c1nc(-c2ccccc2Cl)oc1N1CCOCC1. The van der Waals surface area contributed by atoms with Gasteiger partial charge in [0.1, 0.15) is 0 Å². The summed E-state index contributed by atoms with van der Waals surface area (Å²) in [7, 11) is -3.85. The average Bonchev–Trinajstić information content (AvgIpc) is 3.16. The maximum atomic E-state index is 13.2. The zero-order valence-electron chi connectivity index (χ0n) is 14.3. The fraction of sp³-hybridized carbons (Fsp3) is 0.211. The molecule has 1 aliphatic heterocycles. The minimum atomic E-state index is -3.85. The van der Waals surface area contributed by atoms with Gasteiger partial charge in [0.05, 0.1) is 28.7 Å². The lowest BCUT2D eigenvalue weighted by molar-refractivity contribution is 0.120. The maximum Gasteiger partial charge on any atom is 0.236 e. The van der Waals surface area contributed by atoms with Crippen LogP contribution < -0.4 is 4.90 Å². The van der Waals surface area contributed by atoms with Crippen LogP contribution in [0.15, 0.2) is 68.9 Å². The first kappa shape index (κ1) is 18.0. The highest BCUT2D eigenvalue weighted by molar-refractivity contribution is 7.91. The van der Waals surface area contributed by atoms with Crippen LogP contribution in [-0.2, 0) is 14.6 Å². The summed E-state index contributed by atoms with van der Waals surface area (Å²) < 4.78 is 37.7. The number of hydrogen-bond acceptors (Lipinski definition) is 6. The highest BCUT2D eigenvalue weighted by Gasteiger charge is 2.32. The first-order valence-corrected chi connectivity index (χ1v) is 10.3. The molecule has 1 fully saturated rings. The van der Waals surface area contributed by atoms with E-state index in [1.807, 2.05) is 4.90 Å². The second-order valence-corrected chi connectivity index (χ2v) is 8.30. The highest BCUT2D eigenvalue weighted by atomic mass is 35.5. The zero-order chi connectivity index (χ0) is 18.9. The van der Waals surface area contributed by atoms with E-state index in [4.69, 9.17) is 20.8 Å². The number of nitrogens with zero attached hydrogens (tertiary/aromatic N) is 2. The third-order valence-corrected chi connectivity index (χ3v) is 6.29. The molecule has 8 heteroatoms. The Bertz CT molecular complexity index is 1040. The zero-order valence-corrected chi connectivity index (χ0v) is 15.9. The van der Waals surface area contributed by atoms with Crippen molar-refractivity contribution >= 4 is 27.3 Å². The molecule has 1 saturated heterocycles. The molecule has 2 aromatic carbocycles. The van der Waals surface area contributed by atoms with Gasteiger partial charge in [-0.15, -0.1) is 0 Å². The van der Waals surface area contributed by atoms with Crippen molar-refractivity contribution in [3.8, 4) is 11.5 Å². The molecule has 0 aliphatic carbocycles. The molecule has 1 aliphatic rings. The van der Waals surface area contributed by atoms with Crippen LogP contribution in [0.1, 0.15) is 0 Å². The maximum absolute atomic E-state index is 13.2. The minimum Gasteiger partial charge on any atom is -0.419 e. The van der Waals surface area contributed by atoms with Gasteiger partial charge >= 0.3 is 0 Å². The monoisotopic (exact) mass is 404 g/mol. The van der Waals surface area contributed by atoms with Gasteiger partial charge in [-0.25, -0.2) is 8.42 Å². The number of ether oxygens (including phenoxy) is 1. The summed E-state index contributed by atoms with van der Waals surface area (Å²) in [6.07, 6.45) is 0. The molecule has 3 aromatic rings. The van der Waals surface area contributed by atoms with Crippen LogP contribution in [0.2, 0.25) is 5.02 Å². The number of benzene rings is 2. The predicted molar refractivity (Wildman–Crippen MR) is 102 cm³/mol. The van der Waals surface area contributed by atoms with E-state index in [2.05, 4.69) is 4.98 Å². The molecule has 0 saturated carbocycles. The Balaban J connectivity index is 1.88. The lowest BCUT2D eigenvalue weighted by Gasteiger charge is -2.26. The average molecular weight is 405 g/mol. The fourth-order valence-electron chi connectivity index (χ4n) is 2.90. The first-order valence-electron chi connectivity index (χ1n) is 8.46. The van der Waals surface area contributed by atoms with Crippen molar-refractivity contribution in [2.75, 3.05) is 31.2 Å². The van der Waals surface area contributed by atoms with Gasteiger partial charge in [-0.2, -0.15) is 4.98 Å². The lowest BCUT2D eigenvalue weighted by atomic mass is 10.2. The van der Waals surface area contributed by atoms with Crippen molar-refractivity contribution in [3.63, 3.8) is 0 Å². The van der Waals surface area contributed by atoms with Gasteiger partial charge in [-0.05, 0) is 24.3 Å². The van der Waals surface area contributed by atoms with Crippen molar-refractivity contribution in [1.82, 2.24) is 4.98 Å². The van der Waals surface area contributed by atoms with Crippen molar-refractivity contribution in [1.29, 1.82) is 0 Å². The molecule has 0 N–H and O–H groups in total. The standard InChI is InChI=1S/C19H17ClN2O4S/c20-16-9-5-4-8-15(16)17-21-18(19(26-17)22-10-12-25-13-11-22)27(23,24)14-6-2-1-3-7-14/h1-9H,10-13H2. The number of oxazole rings is 1. The predicted octanol–water partition coefficient (Wildman–Crippen LogP) is 3.66. The van der Waals surface area contributed by atoms with Gasteiger partial charge in [-0.1, -0.05) is 41.9 Å². The molecule has 0 radical (unpaired) electrons. The van der Waals surface area contributed by atoms with E-state index < -0.39 is 9.84 Å². The van der Waals surface area contributed by atoms with Gasteiger partial charge in [-0.3, -0.25) is 0 Å². The lowest BCUT2D eigenvalue weighted by Crippen LogP contribution is -2.36. The Kier molecular flexibility index (Phi) is 4.90. The molecular formula is C19H17ClN2O4S. The smallest absolute Gasteiger partial charge is 0.236 e. The van der Waals surface area contributed by atoms with Crippen LogP contribution in [0.5, 0.6) is 0 Å². The van der Waals surface area contributed by atoms with E-state index in [9.17, 15) is 8.42 Å². The van der Waals surface area contributed by atoms with Gasteiger partial charge in [0, 0.05) is 13.1 Å². The third-order valence-electron chi connectivity index (χ3n) is 4.29. The molecule has 6 nitrogen and oxygen atoms in total. The molecular weight excluding hydrogens is 388 g/mol. The quantitative estimate of drug-likeness (QED) is 0.660. The Labute approximate surface area is 162 Å². The van der Waals surface area contributed by atoms with Crippen LogP contribution in [0.4, 0.5) is 5.88 Å². The summed E-state index contributed by atoms with van der Waals surface area (Å²) in [6.45, 7) is 2.03. The fourth-order valence-corrected chi connectivity index (χ4v) is 4.46. The molecule has 2 heterocycles. The second kappa shape index (κ2) is 7.34. The number of aromatic nitrogens is 1.